The number of nitrogens with zero attached hydrogens (tertiary/aromatic N) is 3. The maximum Gasteiger partial charge on any atom is 0.116 e. The molecule has 0 aromatic carbocycles. The molecule has 0 aromatic heterocycles. The molecule has 0 radical (unpaired) electrons. The van der Waals surface area contributed by atoms with E-state index in [2.05, 4.69) is 30.8 Å². The fraction of sp³-hybridized carbons (Fsp3) is 0.875. The fourth-order valence-corrected chi connectivity index (χ4v) is 1.18. The van der Waals surface area contributed by atoms with Crippen LogP contribution in [-0.2, 0) is 0 Å². The Bertz CT molecular complexity index is 153. The van der Waals surface area contributed by atoms with Crippen molar-refractivity contribution in [1.29, 1.82) is 0 Å². The van der Waals surface area contributed by atoms with Crippen molar-refractivity contribution in [1.82, 2.24) is 9.91 Å². The molecule has 11 heavy (non-hydrogen) atoms. The van der Waals surface area contributed by atoms with E-state index in [-0.39, 0.29) is 0 Å². The van der Waals surface area contributed by atoms with Crippen LogP contribution in [0.5, 0.6) is 0 Å². The molecule has 1 rings (SSSR count). The van der Waals surface area contributed by atoms with Crippen LogP contribution in [0.1, 0.15) is 20.8 Å². The third-order valence-corrected chi connectivity index (χ3v) is 1.98. The van der Waals surface area contributed by atoms with Gasteiger partial charge < -0.3 is 4.90 Å². The average Bonchev–Trinajstić information content (AvgIpc) is 2.18. The van der Waals surface area contributed by atoms with Gasteiger partial charge in [0.1, 0.15) is 12.5 Å². The van der Waals surface area contributed by atoms with Crippen LogP contribution in [0.2, 0.25) is 0 Å². The maximum atomic E-state index is 4.19. The van der Waals surface area contributed by atoms with Gasteiger partial charge in [-0.3, -0.25) is 5.01 Å². The Labute approximate surface area is 68.7 Å². The summed E-state index contributed by atoms with van der Waals surface area (Å²) >= 11 is 0. The SMILES string of the molecule is CC(C)CN1C=NN(C)C1C. The van der Waals surface area contributed by atoms with E-state index >= 15 is 0 Å². The van der Waals surface area contributed by atoms with Crippen LogP contribution >= 0.6 is 0 Å². The van der Waals surface area contributed by atoms with Crippen LogP contribution in [0, 0.1) is 5.92 Å². The molecule has 0 bridgehead atoms. The number of hydrazone groups is 1. The molecule has 0 N–H and O–H groups in total. The first-order valence-electron chi connectivity index (χ1n) is 4.14. The van der Waals surface area contributed by atoms with E-state index in [1.807, 2.05) is 18.4 Å². The fourth-order valence-electron chi connectivity index (χ4n) is 1.18. The minimum atomic E-state index is 0.428. The summed E-state index contributed by atoms with van der Waals surface area (Å²) < 4.78 is 0. The van der Waals surface area contributed by atoms with Crippen molar-refractivity contribution in [2.24, 2.45) is 11.0 Å². The lowest BCUT2D eigenvalue weighted by Gasteiger charge is -2.25. The van der Waals surface area contributed by atoms with E-state index in [0.717, 1.165) is 6.54 Å². The Morgan fingerprint density at radius 3 is 2.55 bits per heavy atom. The van der Waals surface area contributed by atoms with E-state index in [1.54, 1.807) is 0 Å². The molecule has 0 fully saturated rings. The monoisotopic (exact) mass is 155 g/mol. The highest BCUT2D eigenvalue weighted by atomic mass is 15.6. The van der Waals surface area contributed by atoms with Crippen molar-refractivity contribution in [3.05, 3.63) is 0 Å². The summed E-state index contributed by atoms with van der Waals surface area (Å²) in [6.45, 7) is 7.70. The molecule has 0 saturated carbocycles. The Balaban J connectivity index is 2.43. The minimum absolute atomic E-state index is 0.428. The zero-order chi connectivity index (χ0) is 8.43. The highest BCUT2D eigenvalue weighted by Crippen LogP contribution is 2.10. The molecule has 0 saturated heterocycles. The molecule has 1 atom stereocenters. The summed E-state index contributed by atoms with van der Waals surface area (Å²) in [4.78, 5) is 2.25. The van der Waals surface area contributed by atoms with Gasteiger partial charge in [-0.05, 0) is 12.8 Å². The van der Waals surface area contributed by atoms with Gasteiger partial charge in [-0.2, -0.15) is 5.10 Å². The number of hydrogen-bond acceptors (Lipinski definition) is 3. The van der Waals surface area contributed by atoms with Crippen molar-refractivity contribution in [2.75, 3.05) is 13.6 Å². The molecular formula is C8H17N3. The van der Waals surface area contributed by atoms with Crippen LogP contribution in [0.3, 0.4) is 0 Å². The first kappa shape index (κ1) is 8.37. The highest BCUT2D eigenvalue weighted by molar-refractivity contribution is 5.56. The lowest BCUT2D eigenvalue weighted by molar-refractivity contribution is 0.168. The Morgan fingerprint density at radius 1 is 1.55 bits per heavy atom. The molecule has 1 aliphatic rings. The molecule has 1 heterocycles. The molecule has 0 aliphatic carbocycles. The smallest absolute Gasteiger partial charge is 0.116 e. The first-order valence-corrected chi connectivity index (χ1v) is 4.14. The molecular weight excluding hydrogens is 138 g/mol. The predicted molar refractivity (Wildman–Crippen MR) is 47.3 cm³/mol. The second-order valence-electron chi connectivity index (χ2n) is 3.53. The summed E-state index contributed by atoms with van der Waals surface area (Å²) in [7, 11) is 2.00. The highest BCUT2D eigenvalue weighted by Gasteiger charge is 2.19. The minimum Gasteiger partial charge on any atom is -0.339 e. The van der Waals surface area contributed by atoms with Gasteiger partial charge in [-0.25, -0.2) is 0 Å². The van der Waals surface area contributed by atoms with Crippen LogP contribution in [0.15, 0.2) is 5.10 Å². The normalized spacial score (nSPS) is 23.9. The van der Waals surface area contributed by atoms with Gasteiger partial charge in [0.05, 0.1) is 0 Å². The van der Waals surface area contributed by atoms with E-state index in [1.165, 1.54) is 0 Å². The standard InChI is InChI=1S/C8H17N3/c1-7(2)5-11-6-9-10(4)8(11)3/h6-8H,5H2,1-4H3. The third kappa shape index (κ3) is 1.85. The summed E-state index contributed by atoms with van der Waals surface area (Å²) in [6.07, 6.45) is 2.35. The van der Waals surface area contributed by atoms with Crippen molar-refractivity contribution in [2.45, 2.75) is 26.9 Å². The lowest BCUT2D eigenvalue weighted by atomic mass is 10.2. The van der Waals surface area contributed by atoms with E-state index in [0.29, 0.717) is 12.1 Å². The summed E-state index contributed by atoms with van der Waals surface area (Å²) in [5, 5.41) is 6.16. The van der Waals surface area contributed by atoms with Gasteiger partial charge in [0, 0.05) is 13.6 Å². The maximum absolute atomic E-state index is 4.19. The third-order valence-electron chi connectivity index (χ3n) is 1.98. The molecule has 3 heteroatoms. The van der Waals surface area contributed by atoms with Crippen LogP contribution in [0.4, 0.5) is 0 Å². The first-order chi connectivity index (χ1) is 5.11. The molecule has 0 spiro atoms. The van der Waals surface area contributed by atoms with Crippen LogP contribution < -0.4 is 0 Å². The summed E-state index contributed by atoms with van der Waals surface area (Å²) in [5.41, 5.74) is 0. The van der Waals surface area contributed by atoms with E-state index in [4.69, 9.17) is 0 Å². The van der Waals surface area contributed by atoms with Gasteiger partial charge in [-0.15, -0.1) is 0 Å². The van der Waals surface area contributed by atoms with Gasteiger partial charge in [0.15, 0.2) is 0 Å². The van der Waals surface area contributed by atoms with Gasteiger partial charge in [0.25, 0.3) is 0 Å². The van der Waals surface area contributed by atoms with Crippen molar-refractivity contribution < 1.29 is 0 Å². The Hall–Kier alpha value is -0.730. The zero-order valence-electron chi connectivity index (χ0n) is 7.78. The summed E-state index contributed by atoms with van der Waals surface area (Å²) in [5.74, 6) is 0.704. The van der Waals surface area contributed by atoms with Gasteiger partial charge in [-0.1, -0.05) is 13.8 Å². The van der Waals surface area contributed by atoms with Crippen molar-refractivity contribution >= 4 is 6.34 Å². The lowest BCUT2D eigenvalue weighted by Crippen LogP contribution is -2.37. The number of hydrogen-bond donors (Lipinski definition) is 0. The molecule has 3 nitrogen and oxygen atoms in total. The van der Waals surface area contributed by atoms with E-state index in [9.17, 15) is 0 Å². The van der Waals surface area contributed by atoms with Gasteiger partial charge in [0.2, 0.25) is 0 Å². The summed E-state index contributed by atoms with van der Waals surface area (Å²) in [6, 6.07) is 0. The van der Waals surface area contributed by atoms with E-state index < -0.39 is 0 Å². The average molecular weight is 155 g/mol. The molecule has 64 valence electrons. The largest absolute Gasteiger partial charge is 0.339 e. The number of rotatable bonds is 2. The topological polar surface area (TPSA) is 18.8 Å². The molecule has 1 aliphatic heterocycles. The zero-order valence-corrected chi connectivity index (χ0v) is 7.78. The van der Waals surface area contributed by atoms with Crippen LogP contribution in [-0.4, -0.2) is 36.0 Å². The Morgan fingerprint density at radius 2 is 2.18 bits per heavy atom. The predicted octanol–water partition coefficient (Wildman–Crippen LogP) is 1.18. The molecule has 1 unspecified atom stereocenters. The van der Waals surface area contributed by atoms with Crippen LogP contribution in [0.25, 0.3) is 0 Å². The second kappa shape index (κ2) is 3.11. The molecule has 0 amide bonds. The van der Waals surface area contributed by atoms with Crippen molar-refractivity contribution in [3.8, 4) is 0 Å². The quantitative estimate of drug-likeness (QED) is 0.596. The van der Waals surface area contributed by atoms with Gasteiger partial charge >= 0.3 is 0 Å². The van der Waals surface area contributed by atoms with Crippen molar-refractivity contribution in [3.63, 3.8) is 0 Å². The Kier molecular flexibility index (Phi) is 2.37. The molecule has 0 aromatic rings. The second-order valence-corrected chi connectivity index (χ2v) is 3.53.